The van der Waals surface area contributed by atoms with Gasteiger partial charge in [-0.25, -0.2) is 4.79 Å². The molecule has 0 unspecified atom stereocenters. The van der Waals surface area contributed by atoms with E-state index >= 15 is 0 Å². The average molecular weight is 335 g/mol. The van der Waals surface area contributed by atoms with Gasteiger partial charge in [0.1, 0.15) is 6.04 Å². The first-order valence-corrected chi connectivity index (χ1v) is 9.02. The summed E-state index contributed by atoms with van der Waals surface area (Å²) in [4.78, 5) is 20.2. The zero-order valence-corrected chi connectivity index (χ0v) is 14.1. The summed E-state index contributed by atoms with van der Waals surface area (Å²) < 4.78 is 5.86. The standard InChI is InChI=1S/C16H25N5O3/c1-2-3-6-23-21-12-4-5-13(20(10-12)16(21)22)15-19-18-14(24-15)7-11-8-17-9-11/h11-13,17H,2-10H2,1H3/t12-,13-/m0/s1. The lowest BCUT2D eigenvalue weighted by Gasteiger charge is -2.27. The zero-order valence-electron chi connectivity index (χ0n) is 14.1. The van der Waals surface area contributed by atoms with E-state index in [1.807, 2.05) is 4.90 Å². The molecule has 24 heavy (non-hydrogen) atoms. The van der Waals surface area contributed by atoms with Crippen LogP contribution in [0.25, 0.3) is 0 Å². The Hall–Kier alpha value is -1.67. The van der Waals surface area contributed by atoms with E-state index in [2.05, 4.69) is 22.4 Å². The summed E-state index contributed by atoms with van der Waals surface area (Å²) in [7, 11) is 0. The molecular formula is C16H25N5O3. The third kappa shape index (κ3) is 2.88. The van der Waals surface area contributed by atoms with Gasteiger partial charge in [-0.3, -0.25) is 4.84 Å². The molecule has 1 N–H and O–H groups in total. The van der Waals surface area contributed by atoms with Crippen LogP contribution in [0.15, 0.2) is 4.42 Å². The highest BCUT2D eigenvalue weighted by molar-refractivity contribution is 5.77. The van der Waals surface area contributed by atoms with E-state index in [-0.39, 0.29) is 18.1 Å². The lowest BCUT2D eigenvalue weighted by Crippen LogP contribution is -2.43. The number of urea groups is 1. The summed E-state index contributed by atoms with van der Waals surface area (Å²) in [6.45, 7) is 5.41. The third-order valence-electron chi connectivity index (χ3n) is 5.15. The van der Waals surface area contributed by atoms with Crippen molar-refractivity contribution in [3.05, 3.63) is 11.8 Å². The molecule has 4 rings (SSSR count). The summed E-state index contributed by atoms with van der Waals surface area (Å²) >= 11 is 0. The number of hydroxylamine groups is 2. The number of amides is 2. The molecule has 2 atom stereocenters. The fourth-order valence-corrected chi connectivity index (χ4v) is 3.59. The minimum absolute atomic E-state index is 0.0680. The molecule has 3 saturated heterocycles. The predicted octanol–water partition coefficient (Wildman–Crippen LogP) is 1.50. The van der Waals surface area contributed by atoms with Crippen LogP contribution in [0.3, 0.4) is 0 Å². The van der Waals surface area contributed by atoms with Crippen LogP contribution in [0.4, 0.5) is 4.79 Å². The first-order valence-electron chi connectivity index (χ1n) is 9.02. The Morgan fingerprint density at radius 1 is 1.33 bits per heavy atom. The highest BCUT2D eigenvalue weighted by atomic mass is 16.7. The quantitative estimate of drug-likeness (QED) is 0.760. The van der Waals surface area contributed by atoms with Crippen molar-refractivity contribution in [2.24, 2.45) is 5.92 Å². The number of nitrogens with one attached hydrogen (secondary N) is 1. The van der Waals surface area contributed by atoms with Crippen LogP contribution in [-0.4, -0.2) is 58.5 Å². The number of hydrogen-bond donors (Lipinski definition) is 1. The second-order valence-electron chi connectivity index (χ2n) is 6.96. The lowest BCUT2D eigenvalue weighted by atomic mass is 10.00. The first kappa shape index (κ1) is 15.8. The van der Waals surface area contributed by atoms with Gasteiger partial charge in [0.2, 0.25) is 11.8 Å². The maximum atomic E-state index is 12.6. The highest BCUT2D eigenvalue weighted by Gasteiger charge is 2.47. The van der Waals surface area contributed by atoms with E-state index < -0.39 is 0 Å². The molecule has 3 aliphatic heterocycles. The molecule has 8 nitrogen and oxygen atoms in total. The molecule has 1 aromatic rings. The maximum absolute atomic E-state index is 12.6. The van der Waals surface area contributed by atoms with E-state index in [1.165, 1.54) is 0 Å². The molecule has 0 saturated carbocycles. The van der Waals surface area contributed by atoms with Gasteiger partial charge in [0.05, 0.1) is 12.6 Å². The number of unbranched alkanes of at least 4 members (excludes halogenated alkanes) is 1. The zero-order chi connectivity index (χ0) is 16.5. The van der Waals surface area contributed by atoms with Crippen molar-refractivity contribution < 1.29 is 14.0 Å². The van der Waals surface area contributed by atoms with E-state index in [0.29, 0.717) is 30.9 Å². The van der Waals surface area contributed by atoms with Crippen LogP contribution in [0, 0.1) is 5.92 Å². The van der Waals surface area contributed by atoms with Gasteiger partial charge >= 0.3 is 6.03 Å². The van der Waals surface area contributed by atoms with Crippen LogP contribution < -0.4 is 5.32 Å². The normalized spacial score (nSPS) is 27.0. The summed E-state index contributed by atoms with van der Waals surface area (Å²) in [5.74, 6) is 1.84. The van der Waals surface area contributed by atoms with E-state index in [1.54, 1.807) is 5.06 Å². The fourth-order valence-electron chi connectivity index (χ4n) is 3.59. The van der Waals surface area contributed by atoms with E-state index in [4.69, 9.17) is 9.25 Å². The number of aromatic nitrogens is 2. The Morgan fingerprint density at radius 2 is 2.21 bits per heavy atom. The van der Waals surface area contributed by atoms with Crippen molar-refractivity contribution in [1.29, 1.82) is 0 Å². The molecule has 0 aliphatic carbocycles. The van der Waals surface area contributed by atoms with E-state index in [9.17, 15) is 4.79 Å². The van der Waals surface area contributed by atoms with Crippen LogP contribution in [0.5, 0.6) is 0 Å². The van der Waals surface area contributed by atoms with Crippen molar-refractivity contribution in [2.75, 3.05) is 26.2 Å². The summed E-state index contributed by atoms with van der Waals surface area (Å²) in [5.41, 5.74) is 0. The molecule has 0 radical (unpaired) electrons. The molecule has 2 bridgehead atoms. The summed E-state index contributed by atoms with van der Waals surface area (Å²) in [6.07, 6.45) is 4.58. The fraction of sp³-hybridized carbons (Fsp3) is 0.812. The van der Waals surface area contributed by atoms with E-state index in [0.717, 1.165) is 45.2 Å². The van der Waals surface area contributed by atoms with Gasteiger partial charge in [0.25, 0.3) is 0 Å². The monoisotopic (exact) mass is 335 g/mol. The number of nitrogens with zero attached hydrogens (tertiary/aromatic N) is 4. The largest absolute Gasteiger partial charge is 0.423 e. The topological polar surface area (TPSA) is 83.7 Å². The number of fused-ring (bicyclic) bond motifs is 2. The third-order valence-corrected chi connectivity index (χ3v) is 5.15. The Labute approximate surface area is 141 Å². The average Bonchev–Trinajstić information content (AvgIpc) is 3.11. The molecule has 2 amide bonds. The predicted molar refractivity (Wildman–Crippen MR) is 84.9 cm³/mol. The number of piperidine rings is 1. The molecule has 1 aromatic heterocycles. The Kier molecular flexibility index (Phi) is 4.41. The van der Waals surface area contributed by atoms with Gasteiger partial charge in [0.15, 0.2) is 0 Å². The summed E-state index contributed by atoms with van der Waals surface area (Å²) in [6, 6.07) is -0.0371. The minimum Gasteiger partial charge on any atom is -0.423 e. The smallest absolute Gasteiger partial charge is 0.345 e. The maximum Gasteiger partial charge on any atom is 0.345 e. The van der Waals surface area contributed by atoms with Gasteiger partial charge in [-0.05, 0) is 38.3 Å². The van der Waals surface area contributed by atoms with Crippen molar-refractivity contribution in [3.63, 3.8) is 0 Å². The van der Waals surface area contributed by atoms with Gasteiger partial charge in [-0.2, -0.15) is 5.06 Å². The lowest BCUT2D eigenvalue weighted by molar-refractivity contribution is -0.130. The first-order chi connectivity index (χ1) is 11.8. The van der Waals surface area contributed by atoms with Crippen molar-refractivity contribution >= 4 is 6.03 Å². The minimum atomic E-state index is -0.116. The van der Waals surface area contributed by atoms with Gasteiger partial charge < -0.3 is 14.6 Å². The molecule has 0 spiro atoms. The van der Waals surface area contributed by atoms with Crippen LogP contribution in [0.2, 0.25) is 0 Å². The molecule has 4 heterocycles. The van der Waals surface area contributed by atoms with Crippen molar-refractivity contribution in [2.45, 2.75) is 51.1 Å². The molecular weight excluding hydrogens is 310 g/mol. The van der Waals surface area contributed by atoms with Gasteiger partial charge in [0, 0.05) is 13.0 Å². The van der Waals surface area contributed by atoms with Crippen LogP contribution in [0.1, 0.15) is 50.4 Å². The Bertz CT molecular complexity index is 588. The molecule has 132 valence electrons. The number of carbonyl (C=O) groups is 1. The number of rotatable bonds is 7. The van der Waals surface area contributed by atoms with Crippen LogP contribution >= 0.6 is 0 Å². The highest BCUT2D eigenvalue weighted by Crippen LogP contribution is 2.38. The summed E-state index contributed by atoms with van der Waals surface area (Å²) in [5, 5.41) is 13.2. The number of hydrogen-bond acceptors (Lipinski definition) is 6. The molecule has 3 fully saturated rings. The molecule has 3 aliphatic rings. The second-order valence-corrected chi connectivity index (χ2v) is 6.96. The van der Waals surface area contributed by atoms with Crippen LogP contribution in [-0.2, 0) is 11.3 Å². The SMILES string of the molecule is CCCCON1C(=O)N2C[C@@H]1CC[C@H]2c1nnc(CC2CNC2)o1. The number of carbonyl (C=O) groups excluding carboxylic acids is 1. The second kappa shape index (κ2) is 6.68. The van der Waals surface area contributed by atoms with Gasteiger partial charge in [-0.1, -0.05) is 13.3 Å². The Morgan fingerprint density at radius 3 is 2.96 bits per heavy atom. The van der Waals surface area contributed by atoms with Crippen molar-refractivity contribution in [3.8, 4) is 0 Å². The van der Waals surface area contributed by atoms with Gasteiger partial charge in [-0.15, -0.1) is 10.2 Å². The molecule has 8 heteroatoms. The Balaban J connectivity index is 1.41. The van der Waals surface area contributed by atoms with Crippen molar-refractivity contribution in [1.82, 2.24) is 25.5 Å². The molecule has 0 aromatic carbocycles.